The fourth-order valence-corrected chi connectivity index (χ4v) is 2.17. The Bertz CT molecular complexity index is 413. The first kappa shape index (κ1) is 17.9. The summed E-state index contributed by atoms with van der Waals surface area (Å²) in [5.41, 5.74) is 1.85. The molecule has 1 rings (SSSR count). The highest BCUT2D eigenvalue weighted by molar-refractivity contribution is 5.54. The number of methoxy groups -OCH3 is 1. The lowest BCUT2D eigenvalue weighted by Crippen LogP contribution is -2.32. The van der Waals surface area contributed by atoms with Crippen LogP contribution < -0.4 is 10.2 Å². The van der Waals surface area contributed by atoms with Crippen molar-refractivity contribution in [2.45, 2.75) is 20.4 Å². The van der Waals surface area contributed by atoms with E-state index in [9.17, 15) is 9.50 Å². The Kier molecular flexibility index (Phi) is 8.27. The maximum Gasteiger partial charge on any atom is 0.123 e. The molecule has 1 aromatic rings. The summed E-state index contributed by atoms with van der Waals surface area (Å²) in [6.45, 7) is 7.56. The molecule has 0 aliphatic carbocycles. The van der Waals surface area contributed by atoms with E-state index in [2.05, 4.69) is 19.2 Å². The number of hydrogen-bond acceptors (Lipinski definition) is 4. The molecule has 0 fully saturated rings. The monoisotopic (exact) mass is 298 g/mol. The Balaban J connectivity index is 2.85. The van der Waals surface area contributed by atoms with Gasteiger partial charge in [0.1, 0.15) is 5.82 Å². The largest absolute Gasteiger partial charge is 0.395 e. The van der Waals surface area contributed by atoms with Gasteiger partial charge in [-0.25, -0.2) is 4.39 Å². The van der Waals surface area contributed by atoms with E-state index in [1.54, 1.807) is 19.2 Å². The van der Waals surface area contributed by atoms with E-state index in [4.69, 9.17) is 4.74 Å². The molecule has 0 radical (unpaired) electrons. The third-order valence-corrected chi connectivity index (χ3v) is 3.19. The minimum atomic E-state index is -0.240. The van der Waals surface area contributed by atoms with Gasteiger partial charge in [0.15, 0.2) is 0 Å². The average molecular weight is 298 g/mol. The van der Waals surface area contributed by atoms with Crippen molar-refractivity contribution in [2.24, 2.45) is 5.92 Å². The number of rotatable bonds is 10. The number of benzene rings is 1. The van der Waals surface area contributed by atoms with Gasteiger partial charge in [0.2, 0.25) is 0 Å². The number of aliphatic hydroxyl groups is 1. The van der Waals surface area contributed by atoms with Crippen molar-refractivity contribution in [1.29, 1.82) is 0 Å². The minimum Gasteiger partial charge on any atom is -0.395 e. The van der Waals surface area contributed by atoms with E-state index in [0.29, 0.717) is 32.2 Å². The molecule has 0 saturated heterocycles. The van der Waals surface area contributed by atoms with Crippen LogP contribution in [0, 0.1) is 11.7 Å². The fourth-order valence-electron chi connectivity index (χ4n) is 2.17. The molecule has 4 nitrogen and oxygen atoms in total. The van der Waals surface area contributed by atoms with Crippen LogP contribution in [-0.2, 0) is 11.3 Å². The first-order chi connectivity index (χ1) is 10.1. The summed E-state index contributed by atoms with van der Waals surface area (Å²) in [6, 6.07) is 4.78. The van der Waals surface area contributed by atoms with Crippen molar-refractivity contribution in [3.05, 3.63) is 29.6 Å². The Morgan fingerprint density at radius 1 is 1.33 bits per heavy atom. The number of nitrogens with one attached hydrogen (secondary N) is 1. The van der Waals surface area contributed by atoms with Crippen LogP contribution >= 0.6 is 0 Å². The van der Waals surface area contributed by atoms with E-state index < -0.39 is 0 Å². The predicted molar refractivity (Wildman–Crippen MR) is 84.1 cm³/mol. The molecule has 0 aliphatic heterocycles. The highest BCUT2D eigenvalue weighted by atomic mass is 19.1. The van der Waals surface area contributed by atoms with E-state index in [1.807, 2.05) is 4.90 Å². The number of aliphatic hydroxyl groups excluding tert-OH is 1. The first-order valence-corrected chi connectivity index (χ1v) is 7.42. The summed E-state index contributed by atoms with van der Waals surface area (Å²) < 4.78 is 18.6. The van der Waals surface area contributed by atoms with Crippen LogP contribution in [0.4, 0.5) is 10.1 Å². The van der Waals surface area contributed by atoms with Gasteiger partial charge < -0.3 is 20.1 Å². The normalized spacial score (nSPS) is 11.1. The lowest BCUT2D eigenvalue weighted by Gasteiger charge is -2.26. The zero-order valence-corrected chi connectivity index (χ0v) is 13.2. The molecule has 0 aromatic heterocycles. The Labute approximate surface area is 126 Å². The van der Waals surface area contributed by atoms with Crippen LogP contribution in [0.5, 0.6) is 0 Å². The standard InChI is InChI=1S/C16H27FN2O2/c1-13(2)11-18-12-14-10-15(17)4-5-16(14)19(6-8-20)7-9-21-3/h4-5,10,13,18,20H,6-9,11-12H2,1-3H3. The molecule has 0 bridgehead atoms. The highest BCUT2D eigenvalue weighted by Crippen LogP contribution is 2.21. The smallest absolute Gasteiger partial charge is 0.123 e. The molecule has 0 spiro atoms. The topological polar surface area (TPSA) is 44.7 Å². The summed E-state index contributed by atoms with van der Waals surface area (Å²) in [6.07, 6.45) is 0. The molecular weight excluding hydrogens is 271 g/mol. The SMILES string of the molecule is COCCN(CCO)c1ccc(F)cc1CNCC(C)C. The fraction of sp³-hybridized carbons (Fsp3) is 0.625. The zero-order chi connectivity index (χ0) is 15.7. The lowest BCUT2D eigenvalue weighted by molar-refractivity contribution is 0.203. The van der Waals surface area contributed by atoms with Crippen LogP contribution in [0.15, 0.2) is 18.2 Å². The summed E-state index contributed by atoms with van der Waals surface area (Å²) in [7, 11) is 1.65. The third kappa shape index (κ3) is 6.42. The maximum absolute atomic E-state index is 13.5. The number of halogens is 1. The molecule has 0 heterocycles. The molecule has 0 saturated carbocycles. The van der Waals surface area contributed by atoms with Crippen molar-refractivity contribution < 1.29 is 14.2 Å². The second-order valence-corrected chi connectivity index (χ2v) is 5.50. The second-order valence-electron chi connectivity index (χ2n) is 5.50. The van der Waals surface area contributed by atoms with Gasteiger partial charge in [-0.2, -0.15) is 0 Å². The van der Waals surface area contributed by atoms with Crippen molar-refractivity contribution in [3.63, 3.8) is 0 Å². The molecule has 2 N–H and O–H groups in total. The highest BCUT2D eigenvalue weighted by Gasteiger charge is 2.12. The van der Waals surface area contributed by atoms with E-state index in [0.717, 1.165) is 17.8 Å². The van der Waals surface area contributed by atoms with Gasteiger partial charge in [0, 0.05) is 32.4 Å². The molecule has 1 aromatic carbocycles. The minimum absolute atomic E-state index is 0.0555. The predicted octanol–water partition coefficient (Wildman–Crippen LogP) is 2.02. The molecule has 120 valence electrons. The number of ether oxygens (including phenoxy) is 1. The molecular formula is C16H27FN2O2. The van der Waals surface area contributed by atoms with Gasteiger partial charge in [-0.1, -0.05) is 13.8 Å². The number of anilines is 1. The lowest BCUT2D eigenvalue weighted by atomic mass is 10.1. The van der Waals surface area contributed by atoms with Gasteiger partial charge in [-0.15, -0.1) is 0 Å². The van der Waals surface area contributed by atoms with Crippen LogP contribution in [0.3, 0.4) is 0 Å². The van der Waals surface area contributed by atoms with Crippen molar-refractivity contribution in [3.8, 4) is 0 Å². The Hall–Kier alpha value is -1.17. The summed E-state index contributed by atoms with van der Waals surface area (Å²) in [4.78, 5) is 2.02. The van der Waals surface area contributed by atoms with Crippen molar-refractivity contribution in [2.75, 3.05) is 44.9 Å². The van der Waals surface area contributed by atoms with E-state index >= 15 is 0 Å². The quantitative estimate of drug-likeness (QED) is 0.694. The number of nitrogens with zero attached hydrogens (tertiary/aromatic N) is 1. The summed E-state index contributed by atoms with van der Waals surface area (Å²) in [5.74, 6) is 0.305. The molecule has 0 amide bonds. The Morgan fingerprint density at radius 3 is 2.71 bits per heavy atom. The molecule has 0 atom stereocenters. The van der Waals surface area contributed by atoms with Crippen LogP contribution in [-0.4, -0.2) is 45.1 Å². The van der Waals surface area contributed by atoms with E-state index in [-0.39, 0.29) is 12.4 Å². The summed E-state index contributed by atoms with van der Waals surface area (Å²) in [5, 5.41) is 12.6. The average Bonchev–Trinajstić information content (AvgIpc) is 2.43. The molecule has 0 aliphatic rings. The van der Waals surface area contributed by atoms with Crippen LogP contribution in [0.25, 0.3) is 0 Å². The first-order valence-electron chi connectivity index (χ1n) is 7.42. The maximum atomic E-state index is 13.5. The van der Waals surface area contributed by atoms with Crippen LogP contribution in [0.1, 0.15) is 19.4 Å². The third-order valence-electron chi connectivity index (χ3n) is 3.19. The second kappa shape index (κ2) is 9.71. The van der Waals surface area contributed by atoms with Crippen molar-refractivity contribution in [1.82, 2.24) is 5.32 Å². The van der Waals surface area contributed by atoms with Gasteiger partial charge in [0.25, 0.3) is 0 Å². The van der Waals surface area contributed by atoms with Gasteiger partial charge in [0.05, 0.1) is 13.2 Å². The van der Waals surface area contributed by atoms with Crippen molar-refractivity contribution >= 4 is 5.69 Å². The van der Waals surface area contributed by atoms with Crippen LogP contribution in [0.2, 0.25) is 0 Å². The number of hydrogen-bond donors (Lipinski definition) is 2. The zero-order valence-electron chi connectivity index (χ0n) is 13.2. The molecule has 21 heavy (non-hydrogen) atoms. The molecule has 5 heteroatoms. The summed E-state index contributed by atoms with van der Waals surface area (Å²) >= 11 is 0. The van der Waals surface area contributed by atoms with Gasteiger partial charge in [-0.3, -0.25) is 0 Å². The Morgan fingerprint density at radius 2 is 2.10 bits per heavy atom. The molecule has 0 unspecified atom stereocenters. The van der Waals surface area contributed by atoms with E-state index in [1.165, 1.54) is 6.07 Å². The van der Waals surface area contributed by atoms with Gasteiger partial charge >= 0.3 is 0 Å². The van der Waals surface area contributed by atoms with Gasteiger partial charge in [-0.05, 0) is 36.2 Å².